The Morgan fingerprint density at radius 3 is 2.26 bits per heavy atom. The smallest absolute Gasteiger partial charge is 0.339 e. The van der Waals surface area contributed by atoms with Crippen molar-refractivity contribution >= 4 is 27.0 Å². The van der Waals surface area contributed by atoms with Gasteiger partial charge in [-0.3, -0.25) is 0 Å². The summed E-state index contributed by atoms with van der Waals surface area (Å²) in [5.74, 6) is -0.702. The van der Waals surface area contributed by atoms with Gasteiger partial charge in [-0.05, 0) is 56.2 Å². The van der Waals surface area contributed by atoms with Crippen LogP contribution in [0.15, 0.2) is 86.9 Å². The molecule has 1 heterocycles. The number of hydrogen-bond acceptors (Lipinski definition) is 6. The van der Waals surface area contributed by atoms with Crippen LogP contribution in [0.3, 0.4) is 0 Å². The molecule has 0 amide bonds. The topological polar surface area (TPSA) is 103 Å². The molecule has 1 atom stereocenters. The van der Waals surface area contributed by atoms with Gasteiger partial charge in [-0.15, -0.1) is 0 Å². The zero-order chi connectivity index (χ0) is 24.5. The summed E-state index contributed by atoms with van der Waals surface area (Å²) in [7, 11) is -4.02. The minimum absolute atomic E-state index is 0.0326. The summed E-state index contributed by atoms with van der Waals surface area (Å²) in [6.45, 7) is 5.34. The van der Waals surface area contributed by atoms with Crippen molar-refractivity contribution in [3.63, 3.8) is 0 Å². The Morgan fingerprint density at radius 2 is 1.59 bits per heavy atom. The molecule has 7 nitrogen and oxygen atoms in total. The summed E-state index contributed by atoms with van der Waals surface area (Å²) in [6.07, 6.45) is 0. The van der Waals surface area contributed by atoms with Crippen molar-refractivity contribution in [3.8, 4) is 5.75 Å². The van der Waals surface area contributed by atoms with E-state index in [1.54, 1.807) is 61.5 Å². The zero-order valence-electron chi connectivity index (χ0n) is 18.9. The molecule has 1 N–H and O–H groups in total. The third-order valence-electron chi connectivity index (χ3n) is 5.62. The first-order valence-corrected chi connectivity index (χ1v) is 12.0. The lowest BCUT2D eigenvalue weighted by Gasteiger charge is -2.18. The van der Waals surface area contributed by atoms with E-state index in [-0.39, 0.29) is 16.2 Å². The van der Waals surface area contributed by atoms with Crippen LogP contribution >= 0.6 is 0 Å². The van der Waals surface area contributed by atoms with Gasteiger partial charge in [-0.1, -0.05) is 48.0 Å². The summed E-state index contributed by atoms with van der Waals surface area (Å²) >= 11 is 0. The molecule has 0 fully saturated rings. The van der Waals surface area contributed by atoms with Crippen LogP contribution in [0.1, 0.15) is 28.3 Å². The number of rotatable bonds is 6. The van der Waals surface area contributed by atoms with Crippen LogP contribution in [-0.2, 0) is 14.8 Å². The Labute approximate surface area is 197 Å². The van der Waals surface area contributed by atoms with Gasteiger partial charge in [-0.2, -0.15) is 4.72 Å². The van der Waals surface area contributed by atoms with Gasteiger partial charge < -0.3 is 9.15 Å². The van der Waals surface area contributed by atoms with Crippen LogP contribution in [0.2, 0.25) is 0 Å². The highest BCUT2D eigenvalue weighted by Gasteiger charge is 2.29. The molecule has 0 saturated heterocycles. The van der Waals surface area contributed by atoms with E-state index in [1.807, 2.05) is 13.8 Å². The number of carbonyl (C=O) groups excluding carboxylic acids is 1. The fourth-order valence-corrected chi connectivity index (χ4v) is 4.68. The van der Waals surface area contributed by atoms with Gasteiger partial charge in [0.1, 0.15) is 17.4 Å². The molecule has 3 aromatic carbocycles. The maximum Gasteiger partial charge on any atom is 0.339 e. The average molecular weight is 478 g/mol. The fourth-order valence-electron chi connectivity index (χ4n) is 3.51. The minimum Gasteiger partial charge on any atom is -0.425 e. The zero-order valence-corrected chi connectivity index (χ0v) is 19.7. The van der Waals surface area contributed by atoms with Crippen LogP contribution < -0.4 is 15.1 Å². The number of aryl methyl sites for hydroxylation is 2. The SMILES string of the molecule is Cc1ccc(S(=O)(=O)N[C@@H](C(=O)Oc2ccc3c(C)c(C)c(=O)oc3c2)c2ccccc2)cc1. The number of carbonyl (C=O) groups is 1. The third kappa shape index (κ3) is 4.78. The standard InChI is InChI=1S/C26H23NO6S/c1-16-9-12-21(13-10-16)34(30,31)27-24(19-7-5-4-6-8-19)26(29)32-20-11-14-22-17(2)18(3)25(28)33-23(22)15-20/h4-15,24,27H,1-3H3/t24-/m1/s1. The van der Waals surface area contributed by atoms with Crippen molar-refractivity contribution in [2.45, 2.75) is 31.7 Å². The van der Waals surface area contributed by atoms with Crippen molar-refractivity contribution in [2.24, 2.45) is 0 Å². The summed E-state index contributed by atoms with van der Waals surface area (Å²) in [5, 5.41) is 0.719. The highest BCUT2D eigenvalue weighted by molar-refractivity contribution is 7.89. The van der Waals surface area contributed by atoms with Crippen molar-refractivity contribution in [1.29, 1.82) is 0 Å². The average Bonchev–Trinajstić information content (AvgIpc) is 2.82. The highest BCUT2D eigenvalue weighted by atomic mass is 32.2. The van der Waals surface area contributed by atoms with Gasteiger partial charge in [0.2, 0.25) is 10.0 Å². The normalized spacial score (nSPS) is 12.4. The van der Waals surface area contributed by atoms with E-state index in [0.717, 1.165) is 16.5 Å². The monoisotopic (exact) mass is 477 g/mol. The summed E-state index contributed by atoms with van der Waals surface area (Å²) in [4.78, 5) is 25.2. The second kappa shape index (κ2) is 9.24. The van der Waals surface area contributed by atoms with Gasteiger partial charge in [0.05, 0.1) is 4.90 Å². The Morgan fingerprint density at radius 1 is 0.912 bits per heavy atom. The second-order valence-corrected chi connectivity index (χ2v) is 9.71. The number of sulfonamides is 1. The van der Waals surface area contributed by atoms with Gasteiger partial charge >= 0.3 is 11.6 Å². The van der Waals surface area contributed by atoms with Crippen LogP contribution in [0, 0.1) is 20.8 Å². The lowest BCUT2D eigenvalue weighted by Crippen LogP contribution is -2.36. The van der Waals surface area contributed by atoms with E-state index < -0.39 is 27.7 Å². The first kappa shape index (κ1) is 23.4. The molecule has 174 valence electrons. The molecule has 0 spiro atoms. The van der Waals surface area contributed by atoms with E-state index >= 15 is 0 Å². The van der Waals surface area contributed by atoms with Crippen LogP contribution in [0.4, 0.5) is 0 Å². The summed E-state index contributed by atoms with van der Waals surface area (Å²) in [6, 6.07) is 18.1. The van der Waals surface area contributed by atoms with E-state index in [4.69, 9.17) is 9.15 Å². The molecule has 0 radical (unpaired) electrons. The molecule has 34 heavy (non-hydrogen) atoms. The largest absolute Gasteiger partial charge is 0.425 e. The first-order chi connectivity index (χ1) is 16.2. The van der Waals surface area contributed by atoms with Gasteiger partial charge in [0.15, 0.2) is 0 Å². The Bertz CT molecular complexity index is 1520. The van der Waals surface area contributed by atoms with Crippen molar-refractivity contribution in [2.75, 3.05) is 0 Å². The highest BCUT2D eigenvalue weighted by Crippen LogP contribution is 2.26. The molecule has 4 rings (SSSR count). The van der Waals surface area contributed by atoms with Crippen LogP contribution in [-0.4, -0.2) is 14.4 Å². The molecular weight excluding hydrogens is 454 g/mol. The molecular formula is C26H23NO6S. The number of nitrogens with one attached hydrogen (secondary N) is 1. The van der Waals surface area contributed by atoms with Gasteiger partial charge in [0, 0.05) is 17.0 Å². The second-order valence-electron chi connectivity index (χ2n) is 8.00. The van der Waals surface area contributed by atoms with Gasteiger partial charge in [-0.25, -0.2) is 18.0 Å². The number of esters is 1. The van der Waals surface area contributed by atoms with E-state index in [1.165, 1.54) is 18.2 Å². The Balaban J connectivity index is 1.67. The molecule has 4 aromatic rings. The third-order valence-corrected chi connectivity index (χ3v) is 7.06. The van der Waals surface area contributed by atoms with Gasteiger partial charge in [0.25, 0.3) is 0 Å². The molecule has 0 aliphatic rings. The number of fused-ring (bicyclic) bond motifs is 1. The molecule has 0 bridgehead atoms. The predicted molar refractivity (Wildman–Crippen MR) is 128 cm³/mol. The molecule has 0 aliphatic heterocycles. The van der Waals surface area contributed by atoms with E-state index in [0.29, 0.717) is 11.1 Å². The molecule has 0 unspecified atom stereocenters. The quantitative estimate of drug-likeness (QED) is 0.252. The molecule has 1 aromatic heterocycles. The number of hydrogen-bond donors (Lipinski definition) is 1. The number of benzene rings is 3. The first-order valence-electron chi connectivity index (χ1n) is 10.6. The van der Waals surface area contributed by atoms with Crippen molar-refractivity contribution < 1.29 is 22.4 Å². The minimum atomic E-state index is -4.02. The lowest BCUT2D eigenvalue weighted by atomic mass is 10.1. The fraction of sp³-hybridized carbons (Fsp3) is 0.154. The van der Waals surface area contributed by atoms with Crippen LogP contribution in [0.5, 0.6) is 5.75 Å². The lowest BCUT2D eigenvalue weighted by molar-refractivity contribution is -0.136. The molecule has 0 saturated carbocycles. The molecule has 8 heteroatoms. The summed E-state index contributed by atoms with van der Waals surface area (Å²) in [5.41, 5.74) is 2.41. The predicted octanol–water partition coefficient (Wildman–Crippen LogP) is 4.34. The van der Waals surface area contributed by atoms with E-state index in [2.05, 4.69) is 4.72 Å². The van der Waals surface area contributed by atoms with Crippen molar-refractivity contribution in [1.82, 2.24) is 4.72 Å². The summed E-state index contributed by atoms with van der Waals surface area (Å²) < 4.78 is 39.3. The van der Waals surface area contributed by atoms with Crippen molar-refractivity contribution in [3.05, 3.63) is 105 Å². The number of ether oxygens (including phenoxy) is 1. The maximum atomic E-state index is 13.2. The Hall–Kier alpha value is -3.75. The maximum absolute atomic E-state index is 13.2. The Kier molecular flexibility index (Phi) is 6.37. The van der Waals surface area contributed by atoms with E-state index in [9.17, 15) is 18.0 Å². The van der Waals surface area contributed by atoms with Crippen LogP contribution in [0.25, 0.3) is 11.0 Å². The molecule has 0 aliphatic carbocycles.